The molecule has 5 aromatic rings. The summed E-state index contributed by atoms with van der Waals surface area (Å²) in [5.41, 5.74) is 3.48. The summed E-state index contributed by atoms with van der Waals surface area (Å²) in [4.78, 5) is 26.9. The van der Waals surface area contributed by atoms with Gasteiger partial charge in [0, 0.05) is 55.2 Å². The van der Waals surface area contributed by atoms with Gasteiger partial charge in [-0.3, -0.25) is 9.36 Å². The van der Waals surface area contributed by atoms with Gasteiger partial charge in [0.2, 0.25) is 5.95 Å². The Morgan fingerprint density at radius 1 is 0.846 bits per heavy atom. The van der Waals surface area contributed by atoms with Crippen molar-refractivity contribution in [1.29, 1.82) is 0 Å². The van der Waals surface area contributed by atoms with E-state index in [2.05, 4.69) is 39.3 Å². The van der Waals surface area contributed by atoms with Gasteiger partial charge in [-0.2, -0.15) is 4.98 Å². The molecule has 0 saturated carbocycles. The van der Waals surface area contributed by atoms with Crippen LogP contribution in [0.15, 0.2) is 102 Å². The van der Waals surface area contributed by atoms with Crippen LogP contribution >= 0.6 is 0 Å². The number of rotatable bonds is 7. The maximum atomic E-state index is 12.9. The minimum Gasteiger partial charge on any atom is -0.457 e. The minimum atomic E-state index is -0.127. The van der Waals surface area contributed by atoms with Crippen molar-refractivity contribution in [3.8, 4) is 11.5 Å². The highest BCUT2D eigenvalue weighted by atomic mass is 16.5. The Bertz CT molecular complexity index is 1630. The van der Waals surface area contributed by atoms with Gasteiger partial charge in [-0.1, -0.05) is 30.3 Å². The third-order valence-corrected chi connectivity index (χ3v) is 6.93. The average molecular weight is 519 g/mol. The van der Waals surface area contributed by atoms with E-state index in [-0.39, 0.29) is 5.56 Å². The molecule has 8 heteroatoms. The van der Waals surface area contributed by atoms with Crippen LogP contribution in [0, 0.1) is 0 Å². The van der Waals surface area contributed by atoms with Gasteiger partial charge < -0.3 is 19.9 Å². The van der Waals surface area contributed by atoms with Crippen LogP contribution in [0.4, 0.5) is 17.3 Å². The quantitative estimate of drug-likeness (QED) is 0.320. The molecule has 3 heterocycles. The molecular weight excluding hydrogens is 488 g/mol. The van der Waals surface area contributed by atoms with E-state index in [0.717, 1.165) is 48.6 Å². The fourth-order valence-electron chi connectivity index (χ4n) is 4.75. The topological polar surface area (TPSA) is 75.5 Å². The van der Waals surface area contributed by atoms with Gasteiger partial charge in [0.15, 0.2) is 0 Å². The summed E-state index contributed by atoms with van der Waals surface area (Å²) in [6.07, 6.45) is 1.74. The Kier molecular flexibility index (Phi) is 6.93. The van der Waals surface area contributed by atoms with Gasteiger partial charge in [-0.15, -0.1) is 0 Å². The van der Waals surface area contributed by atoms with E-state index in [0.29, 0.717) is 23.9 Å². The van der Waals surface area contributed by atoms with E-state index in [4.69, 9.17) is 9.72 Å². The first kappa shape index (κ1) is 24.6. The number of ether oxygens (including phenoxy) is 1. The first-order valence-corrected chi connectivity index (χ1v) is 13.1. The fourth-order valence-corrected chi connectivity index (χ4v) is 4.75. The Morgan fingerprint density at radius 2 is 1.62 bits per heavy atom. The summed E-state index contributed by atoms with van der Waals surface area (Å²) in [5.74, 6) is 1.91. The molecule has 6 rings (SSSR count). The van der Waals surface area contributed by atoms with Crippen LogP contribution < -0.4 is 20.5 Å². The molecule has 0 amide bonds. The highest BCUT2D eigenvalue weighted by Gasteiger charge is 2.14. The maximum Gasteiger partial charge on any atom is 0.252 e. The summed E-state index contributed by atoms with van der Waals surface area (Å²) in [6, 6.07) is 29.0. The minimum absolute atomic E-state index is 0.127. The first-order valence-electron chi connectivity index (χ1n) is 13.1. The van der Waals surface area contributed by atoms with Crippen LogP contribution in [0.1, 0.15) is 5.56 Å². The van der Waals surface area contributed by atoms with Gasteiger partial charge in [0.25, 0.3) is 5.56 Å². The molecule has 39 heavy (non-hydrogen) atoms. The predicted octanol–water partition coefficient (Wildman–Crippen LogP) is 5.13. The molecule has 1 aliphatic rings. The van der Waals surface area contributed by atoms with E-state index < -0.39 is 0 Å². The Balaban J connectivity index is 1.22. The predicted molar refractivity (Wildman–Crippen MR) is 155 cm³/mol. The van der Waals surface area contributed by atoms with Gasteiger partial charge in [0.05, 0.1) is 6.54 Å². The molecule has 2 aromatic heterocycles. The second kappa shape index (κ2) is 11.0. The van der Waals surface area contributed by atoms with Crippen LogP contribution in [0.25, 0.3) is 11.0 Å². The van der Waals surface area contributed by atoms with Crippen LogP contribution in [-0.4, -0.2) is 52.7 Å². The maximum absolute atomic E-state index is 12.9. The van der Waals surface area contributed by atoms with E-state index >= 15 is 0 Å². The number of hydrogen-bond donors (Lipinski definition) is 1. The summed E-state index contributed by atoms with van der Waals surface area (Å²) in [7, 11) is 2.16. The largest absolute Gasteiger partial charge is 0.457 e. The third kappa shape index (κ3) is 5.76. The van der Waals surface area contributed by atoms with E-state index in [1.165, 1.54) is 5.69 Å². The lowest BCUT2D eigenvalue weighted by Crippen LogP contribution is -2.44. The Morgan fingerprint density at radius 3 is 2.41 bits per heavy atom. The van der Waals surface area contributed by atoms with Crippen molar-refractivity contribution >= 4 is 28.4 Å². The summed E-state index contributed by atoms with van der Waals surface area (Å²) in [6.45, 7) is 4.54. The molecule has 0 radical (unpaired) electrons. The van der Waals surface area contributed by atoms with E-state index in [1.54, 1.807) is 22.9 Å². The van der Waals surface area contributed by atoms with E-state index in [1.807, 2.05) is 66.7 Å². The van der Waals surface area contributed by atoms with Gasteiger partial charge in [0.1, 0.15) is 17.1 Å². The monoisotopic (exact) mass is 518 g/mol. The molecule has 196 valence electrons. The highest BCUT2D eigenvalue weighted by Crippen LogP contribution is 2.24. The van der Waals surface area contributed by atoms with Crippen molar-refractivity contribution in [1.82, 2.24) is 19.4 Å². The number of benzene rings is 3. The molecule has 0 aliphatic carbocycles. The zero-order chi connectivity index (χ0) is 26.6. The molecule has 1 aliphatic heterocycles. The Labute approximate surface area is 227 Å². The summed E-state index contributed by atoms with van der Waals surface area (Å²) >= 11 is 0. The third-order valence-electron chi connectivity index (χ3n) is 6.93. The van der Waals surface area contributed by atoms with Gasteiger partial charge >= 0.3 is 0 Å². The van der Waals surface area contributed by atoms with Crippen LogP contribution in [0.5, 0.6) is 11.5 Å². The number of nitrogens with one attached hydrogen (secondary N) is 1. The number of piperazine rings is 1. The van der Waals surface area contributed by atoms with Crippen molar-refractivity contribution in [3.05, 3.63) is 113 Å². The van der Waals surface area contributed by atoms with Crippen LogP contribution in [0.2, 0.25) is 0 Å². The number of anilines is 3. The zero-order valence-electron chi connectivity index (χ0n) is 21.8. The zero-order valence-corrected chi connectivity index (χ0v) is 21.8. The van der Waals surface area contributed by atoms with Gasteiger partial charge in [-0.05, 0) is 67.2 Å². The summed E-state index contributed by atoms with van der Waals surface area (Å²) < 4.78 is 7.65. The van der Waals surface area contributed by atoms with Crippen molar-refractivity contribution in [2.75, 3.05) is 43.4 Å². The molecule has 0 atom stereocenters. The lowest BCUT2D eigenvalue weighted by molar-refractivity contribution is 0.313. The number of hydrogen-bond acceptors (Lipinski definition) is 7. The number of pyridine rings is 1. The molecule has 0 unspecified atom stereocenters. The molecule has 8 nitrogen and oxygen atoms in total. The fraction of sp³-hybridized carbons (Fsp3) is 0.194. The molecule has 0 spiro atoms. The number of nitrogens with zero attached hydrogens (tertiary/aromatic N) is 5. The molecule has 0 bridgehead atoms. The lowest BCUT2D eigenvalue weighted by atomic mass is 10.2. The lowest BCUT2D eigenvalue weighted by Gasteiger charge is -2.34. The standard InChI is InChI=1S/C31H30N6O2/c1-35-16-18-36(19-17-35)26-13-11-25(12-14-26)33-31-32-21-24-10-15-29(38)37(30(24)34-31)22-23-6-5-9-28(20-23)39-27-7-3-2-4-8-27/h2-15,20-21H,16-19,22H2,1H3,(H,32,33,34). The molecule has 1 N–H and O–H groups in total. The molecule has 1 saturated heterocycles. The number of para-hydroxylation sites is 1. The van der Waals surface area contributed by atoms with Crippen molar-refractivity contribution < 1.29 is 4.74 Å². The van der Waals surface area contributed by atoms with Crippen molar-refractivity contribution in [2.24, 2.45) is 0 Å². The van der Waals surface area contributed by atoms with Crippen LogP contribution in [-0.2, 0) is 6.54 Å². The highest BCUT2D eigenvalue weighted by molar-refractivity contribution is 5.76. The molecule has 1 fully saturated rings. The smallest absolute Gasteiger partial charge is 0.252 e. The van der Waals surface area contributed by atoms with Crippen molar-refractivity contribution in [2.45, 2.75) is 6.54 Å². The number of aromatic nitrogens is 3. The van der Waals surface area contributed by atoms with Gasteiger partial charge in [-0.25, -0.2) is 4.98 Å². The number of likely N-dealkylation sites (N-methyl/N-ethyl adjacent to an activating group) is 1. The molecular formula is C31H30N6O2. The number of fused-ring (bicyclic) bond motifs is 1. The van der Waals surface area contributed by atoms with Crippen LogP contribution in [0.3, 0.4) is 0 Å². The first-order chi connectivity index (χ1) is 19.1. The second-order valence-corrected chi connectivity index (χ2v) is 9.75. The summed E-state index contributed by atoms with van der Waals surface area (Å²) in [5, 5.41) is 4.09. The SMILES string of the molecule is CN1CCN(c2ccc(Nc3ncc4ccc(=O)n(Cc5cccc(Oc6ccccc6)c5)c4n3)cc2)CC1. The van der Waals surface area contributed by atoms with Crippen molar-refractivity contribution in [3.63, 3.8) is 0 Å². The van der Waals surface area contributed by atoms with E-state index in [9.17, 15) is 4.79 Å². The normalized spacial score (nSPS) is 13.9. The average Bonchev–Trinajstić information content (AvgIpc) is 2.96. The Hall–Kier alpha value is -4.69. The second-order valence-electron chi connectivity index (χ2n) is 9.75. The molecule has 3 aromatic carbocycles.